The molecule has 1 heterocycles. The Balaban J connectivity index is 2.20. The van der Waals surface area contributed by atoms with Crippen LogP contribution >= 0.6 is 0 Å². The van der Waals surface area contributed by atoms with E-state index in [1.807, 2.05) is 20.0 Å². The molecule has 0 spiro atoms. The number of rotatable bonds is 5. The second kappa shape index (κ2) is 6.72. The molecule has 2 N–H and O–H groups in total. The number of aromatic nitrogens is 1. The van der Waals surface area contributed by atoms with E-state index in [4.69, 9.17) is 10.5 Å². The van der Waals surface area contributed by atoms with Crippen molar-refractivity contribution in [3.05, 3.63) is 58.4 Å². The highest BCUT2D eigenvalue weighted by Crippen LogP contribution is 2.26. The van der Waals surface area contributed by atoms with E-state index in [0.717, 1.165) is 34.6 Å². The lowest BCUT2D eigenvalue weighted by atomic mass is 9.98. The maximum absolute atomic E-state index is 6.34. The summed E-state index contributed by atoms with van der Waals surface area (Å²) in [6, 6.07) is 8.47. The van der Waals surface area contributed by atoms with E-state index in [9.17, 15) is 0 Å². The zero-order chi connectivity index (χ0) is 15.4. The fourth-order valence-corrected chi connectivity index (χ4v) is 2.60. The summed E-state index contributed by atoms with van der Waals surface area (Å²) in [6.07, 6.45) is 3.62. The molecule has 0 amide bonds. The van der Waals surface area contributed by atoms with Gasteiger partial charge >= 0.3 is 0 Å². The molecule has 3 nitrogen and oxygen atoms in total. The standard InChI is InChI=1S/C18H24N2O/c1-5-14-6-8-15(9-7-14)16(19)10-17-13(3)18(21-4)12(2)11-20-17/h6-9,11,16H,5,10,19H2,1-4H3. The third-order valence-electron chi connectivity index (χ3n) is 3.98. The van der Waals surface area contributed by atoms with Crippen molar-refractivity contribution in [2.24, 2.45) is 5.73 Å². The van der Waals surface area contributed by atoms with Crippen molar-refractivity contribution < 1.29 is 4.74 Å². The molecule has 1 unspecified atom stereocenters. The summed E-state index contributed by atoms with van der Waals surface area (Å²) in [5.74, 6) is 0.911. The number of ether oxygens (including phenoxy) is 1. The van der Waals surface area contributed by atoms with E-state index >= 15 is 0 Å². The number of nitrogens with zero attached hydrogens (tertiary/aromatic N) is 1. The Morgan fingerprint density at radius 2 is 1.86 bits per heavy atom. The van der Waals surface area contributed by atoms with E-state index in [0.29, 0.717) is 6.42 Å². The zero-order valence-corrected chi connectivity index (χ0v) is 13.3. The molecule has 21 heavy (non-hydrogen) atoms. The fraction of sp³-hybridized carbons (Fsp3) is 0.389. The van der Waals surface area contributed by atoms with Crippen molar-refractivity contribution in [3.63, 3.8) is 0 Å². The number of aryl methyl sites for hydroxylation is 2. The van der Waals surface area contributed by atoms with Crippen LogP contribution in [0.1, 0.15) is 40.9 Å². The lowest BCUT2D eigenvalue weighted by molar-refractivity contribution is 0.406. The van der Waals surface area contributed by atoms with Crippen molar-refractivity contribution in [3.8, 4) is 5.75 Å². The number of hydrogen-bond donors (Lipinski definition) is 1. The summed E-state index contributed by atoms with van der Waals surface area (Å²) in [5, 5.41) is 0. The molecule has 0 saturated carbocycles. The van der Waals surface area contributed by atoms with Crippen LogP contribution in [0, 0.1) is 13.8 Å². The molecule has 0 radical (unpaired) electrons. The number of pyridine rings is 1. The van der Waals surface area contributed by atoms with Crippen LogP contribution in [-0.4, -0.2) is 12.1 Å². The first-order valence-electron chi connectivity index (χ1n) is 7.40. The van der Waals surface area contributed by atoms with Gasteiger partial charge in [0.15, 0.2) is 0 Å². The molecular weight excluding hydrogens is 260 g/mol. The fourth-order valence-electron chi connectivity index (χ4n) is 2.60. The maximum Gasteiger partial charge on any atom is 0.128 e. The molecule has 0 aliphatic rings. The summed E-state index contributed by atoms with van der Waals surface area (Å²) in [5.41, 5.74) is 12.0. The lowest BCUT2D eigenvalue weighted by Gasteiger charge is -2.16. The van der Waals surface area contributed by atoms with Crippen LogP contribution in [0.3, 0.4) is 0 Å². The Bertz CT molecular complexity index is 605. The Morgan fingerprint density at radius 3 is 2.43 bits per heavy atom. The molecule has 2 aromatic rings. The highest BCUT2D eigenvalue weighted by atomic mass is 16.5. The molecule has 1 aromatic heterocycles. The third-order valence-corrected chi connectivity index (χ3v) is 3.98. The SMILES string of the molecule is CCc1ccc(C(N)Cc2ncc(C)c(OC)c2C)cc1. The summed E-state index contributed by atoms with van der Waals surface area (Å²) in [4.78, 5) is 4.53. The van der Waals surface area contributed by atoms with Crippen molar-refractivity contribution in [2.75, 3.05) is 7.11 Å². The second-order valence-electron chi connectivity index (χ2n) is 5.45. The number of methoxy groups -OCH3 is 1. The van der Waals surface area contributed by atoms with Gasteiger partial charge in [-0.3, -0.25) is 4.98 Å². The van der Waals surface area contributed by atoms with E-state index in [1.54, 1.807) is 7.11 Å². The van der Waals surface area contributed by atoms with Gasteiger partial charge in [0, 0.05) is 35.5 Å². The quantitative estimate of drug-likeness (QED) is 0.914. The van der Waals surface area contributed by atoms with Gasteiger partial charge in [0.25, 0.3) is 0 Å². The molecule has 112 valence electrons. The van der Waals surface area contributed by atoms with Crippen molar-refractivity contribution in [1.29, 1.82) is 0 Å². The minimum Gasteiger partial charge on any atom is -0.496 e. The van der Waals surface area contributed by atoms with Gasteiger partial charge < -0.3 is 10.5 Å². The first-order valence-corrected chi connectivity index (χ1v) is 7.40. The summed E-state index contributed by atoms with van der Waals surface area (Å²) >= 11 is 0. The van der Waals surface area contributed by atoms with Crippen LogP contribution in [0.25, 0.3) is 0 Å². The second-order valence-corrected chi connectivity index (χ2v) is 5.45. The minimum absolute atomic E-state index is 0.0467. The first-order chi connectivity index (χ1) is 10.1. The molecule has 0 aliphatic carbocycles. The minimum atomic E-state index is -0.0467. The topological polar surface area (TPSA) is 48.1 Å². The molecule has 2 rings (SSSR count). The van der Waals surface area contributed by atoms with Crippen LogP contribution < -0.4 is 10.5 Å². The lowest BCUT2D eigenvalue weighted by Crippen LogP contribution is -2.15. The molecule has 3 heteroatoms. The average Bonchev–Trinajstić information content (AvgIpc) is 2.50. The van der Waals surface area contributed by atoms with Gasteiger partial charge in [-0.1, -0.05) is 31.2 Å². The van der Waals surface area contributed by atoms with E-state index in [2.05, 4.69) is 36.2 Å². The maximum atomic E-state index is 6.34. The van der Waals surface area contributed by atoms with Crippen LogP contribution in [0.4, 0.5) is 0 Å². The number of nitrogens with two attached hydrogens (primary N) is 1. The Hall–Kier alpha value is -1.87. The highest BCUT2D eigenvalue weighted by molar-refractivity contribution is 5.41. The smallest absolute Gasteiger partial charge is 0.128 e. The van der Waals surface area contributed by atoms with Gasteiger partial charge in [0.05, 0.1) is 7.11 Å². The van der Waals surface area contributed by atoms with Gasteiger partial charge in [-0.15, -0.1) is 0 Å². The number of hydrogen-bond acceptors (Lipinski definition) is 3. The molecule has 1 atom stereocenters. The van der Waals surface area contributed by atoms with Crippen LogP contribution in [0.5, 0.6) is 5.75 Å². The Labute approximate surface area is 127 Å². The van der Waals surface area contributed by atoms with Crippen molar-refractivity contribution >= 4 is 0 Å². The first kappa shape index (κ1) is 15.5. The Kier molecular flexibility index (Phi) is 4.97. The monoisotopic (exact) mass is 284 g/mol. The molecule has 0 saturated heterocycles. The molecular formula is C18H24N2O. The largest absolute Gasteiger partial charge is 0.496 e. The van der Waals surface area contributed by atoms with E-state index < -0.39 is 0 Å². The predicted molar refractivity (Wildman–Crippen MR) is 86.7 cm³/mol. The van der Waals surface area contributed by atoms with Gasteiger partial charge in [-0.25, -0.2) is 0 Å². The van der Waals surface area contributed by atoms with E-state index in [-0.39, 0.29) is 6.04 Å². The van der Waals surface area contributed by atoms with Crippen LogP contribution in [0.2, 0.25) is 0 Å². The zero-order valence-electron chi connectivity index (χ0n) is 13.3. The van der Waals surface area contributed by atoms with Crippen molar-refractivity contribution in [2.45, 2.75) is 39.7 Å². The van der Waals surface area contributed by atoms with Gasteiger partial charge in [0.2, 0.25) is 0 Å². The molecule has 0 aliphatic heterocycles. The summed E-state index contributed by atoms with van der Waals surface area (Å²) < 4.78 is 5.45. The number of benzene rings is 1. The third kappa shape index (κ3) is 3.42. The highest BCUT2D eigenvalue weighted by Gasteiger charge is 2.14. The van der Waals surface area contributed by atoms with Crippen LogP contribution in [0.15, 0.2) is 30.5 Å². The van der Waals surface area contributed by atoms with Gasteiger partial charge in [-0.2, -0.15) is 0 Å². The van der Waals surface area contributed by atoms with Gasteiger partial charge in [0.1, 0.15) is 5.75 Å². The molecule has 0 bridgehead atoms. The summed E-state index contributed by atoms with van der Waals surface area (Å²) in [7, 11) is 1.70. The Morgan fingerprint density at radius 1 is 1.19 bits per heavy atom. The van der Waals surface area contributed by atoms with Crippen LogP contribution in [-0.2, 0) is 12.8 Å². The average molecular weight is 284 g/mol. The van der Waals surface area contributed by atoms with Gasteiger partial charge in [-0.05, 0) is 31.4 Å². The van der Waals surface area contributed by atoms with E-state index in [1.165, 1.54) is 5.56 Å². The molecule has 0 fully saturated rings. The normalized spacial score (nSPS) is 12.2. The summed E-state index contributed by atoms with van der Waals surface area (Å²) in [6.45, 7) is 6.20. The predicted octanol–water partition coefficient (Wildman–Crippen LogP) is 3.51. The van der Waals surface area contributed by atoms with Crippen molar-refractivity contribution in [1.82, 2.24) is 4.98 Å². The molecule has 1 aromatic carbocycles.